The van der Waals surface area contributed by atoms with Gasteiger partial charge in [0.1, 0.15) is 4.90 Å². The average Bonchev–Trinajstić information content (AvgIpc) is 2.99. The van der Waals surface area contributed by atoms with Gasteiger partial charge in [-0.05, 0) is 55.3 Å². The molecule has 0 spiro atoms. The van der Waals surface area contributed by atoms with Gasteiger partial charge in [0, 0.05) is 23.6 Å². The average molecular weight is 438 g/mol. The Balaban J connectivity index is 1.96. The molecule has 0 unspecified atom stereocenters. The third-order valence-corrected chi connectivity index (χ3v) is 5.86. The molecule has 0 bridgehead atoms. The summed E-state index contributed by atoms with van der Waals surface area (Å²) < 4.78 is 31.2. The molecule has 1 aliphatic rings. The van der Waals surface area contributed by atoms with Crippen molar-refractivity contribution in [2.45, 2.75) is 25.2 Å². The van der Waals surface area contributed by atoms with Crippen LogP contribution in [0.4, 0.5) is 5.69 Å². The smallest absolute Gasteiger partial charge is 0.339 e. The van der Waals surface area contributed by atoms with E-state index < -0.39 is 10.1 Å². The van der Waals surface area contributed by atoms with Crippen LogP contribution in [0, 0.1) is 0 Å². The zero-order valence-electron chi connectivity index (χ0n) is 14.2. The summed E-state index contributed by atoms with van der Waals surface area (Å²) in [7, 11) is -4.11. The lowest BCUT2D eigenvalue weighted by molar-refractivity contribution is -0.116. The molecule has 0 radical (unpaired) electrons. The molecule has 3 rings (SSSR count). The minimum Gasteiger partial charge on any atom is -0.378 e. The van der Waals surface area contributed by atoms with Crippen LogP contribution in [0.3, 0.4) is 0 Å². The van der Waals surface area contributed by atoms with Crippen molar-refractivity contribution in [1.82, 2.24) is 0 Å². The van der Waals surface area contributed by atoms with Gasteiger partial charge in [-0.2, -0.15) is 8.42 Å². The van der Waals surface area contributed by atoms with Crippen LogP contribution in [0.1, 0.15) is 29.8 Å². The standard InChI is InChI=1S/C18H16BrNO5S/c1-11(21)16-10-14(19)3-6-18(16)25-26(23,24)15-4-5-17-13(9-15)7-8-20(17)12(2)22/h3-6,9-10H,7-8H2,1-2H3. The van der Waals surface area contributed by atoms with Gasteiger partial charge in [0.2, 0.25) is 5.91 Å². The van der Waals surface area contributed by atoms with Gasteiger partial charge in [0.05, 0.1) is 5.56 Å². The summed E-state index contributed by atoms with van der Waals surface area (Å²) in [6.07, 6.45) is 0.579. The van der Waals surface area contributed by atoms with Crippen molar-refractivity contribution in [3.8, 4) is 5.75 Å². The maximum atomic E-state index is 12.7. The van der Waals surface area contributed by atoms with Crippen molar-refractivity contribution in [3.05, 3.63) is 52.0 Å². The number of carbonyl (C=O) groups excluding carboxylic acids is 2. The molecule has 26 heavy (non-hydrogen) atoms. The van der Waals surface area contributed by atoms with E-state index in [0.29, 0.717) is 23.1 Å². The van der Waals surface area contributed by atoms with Crippen LogP contribution >= 0.6 is 15.9 Å². The van der Waals surface area contributed by atoms with E-state index in [9.17, 15) is 18.0 Å². The third-order valence-electron chi connectivity index (χ3n) is 4.14. The van der Waals surface area contributed by atoms with Gasteiger partial charge in [-0.3, -0.25) is 9.59 Å². The highest BCUT2D eigenvalue weighted by Gasteiger charge is 2.26. The van der Waals surface area contributed by atoms with E-state index in [2.05, 4.69) is 15.9 Å². The number of benzene rings is 2. The molecule has 0 fully saturated rings. The Morgan fingerprint density at radius 3 is 2.50 bits per heavy atom. The lowest BCUT2D eigenvalue weighted by Crippen LogP contribution is -2.25. The first-order valence-electron chi connectivity index (χ1n) is 7.85. The fourth-order valence-corrected chi connectivity index (χ4v) is 4.24. The predicted octanol–water partition coefficient (Wildman–Crippen LogP) is 3.33. The van der Waals surface area contributed by atoms with Crippen LogP contribution in [-0.4, -0.2) is 26.7 Å². The van der Waals surface area contributed by atoms with Gasteiger partial charge in [0.15, 0.2) is 11.5 Å². The number of fused-ring (bicyclic) bond motifs is 1. The molecule has 0 aromatic heterocycles. The van der Waals surface area contributed by atoms with Crippen molar-refractivity contribution < 1.29 is 22.2 Å². The van der Waals surface area contributed by atoms with Gasteiger partial charge in [0.25, 0.3) is 0 Å². The van der Waals surface area contributed by atoms with Crippen molar-refractivity contribution >= 4 is 43.4 Å². The number of ketones is 1. The van der Waals surface area contributed by atoms with Gasteiger partial charge in [-0.1, -0.05) is 15.9 Å². The Labute approximate surface area is 160 Å². The molecule has 1 heterocycles. The zero-order chi connectivity index (χ0) is 19.1. The monoisotopic (exact) mass is 437 g/mol. The quantitative estimate of drug-likeness (QED) is 0.541. The maximum absolute atomic E-state index is 12.7. The minimum atomic E-state index is -4.11. The molecule has 0 atom stereocenters. The van der Waals surface area contributed by atoms with Gasteiger partial charge < -0.3 is 9.08 Å². The van der Waals surface area contributed by atoms with Crippen LogP contribution in [-0.2, 0) is 21.3 Å². The number of halogens is 1. The Bertz CT molecular complexity index is 1020. The Hall–Kier alpha value is -2.19. The van der Waals surface area contributed by atoms with Gasteiger partial charge in [-0.25, -0.2) is 0 Å². The molecular weight excluding hydrogens is 422 g/mol. The second kappa shape index (κ2) is 6.85. The number of anilines is 1. The molecule has 6 nitrogen and oxygen atoms in total. The Morgan fingerprint density at radius 2 is 1.85 bits per heavy atom. The summed E-state index contributed by atoms with van der Waals surface area (Å²) in [6.45, 7) is 3.34. The Morgan fingerprint density at radius 1 is 1.12 bits per heavy atom. The number of hydrogen-bond donors (Lipinski definition) is 0. The highest BCUT2D eigenvalue weighted by atomic mass is 79.9. The SMILES string of the molecule is CC(=O)c1cc(Br)ccc1OS(=O)(=O)c1ccc2c(c1)CCN2C(C)=O. The van der Waals surface area contributed by atoms with E-state index in [1.165, 1.54) is 38.1 Å². The van der Waals surface area contributed by atoms with Crippen LogP contribution in [0.25, 0.3) is 0 Å². The first kappa shape index (κ1) is 18.6. The molecular formula is C18H16BrNO5S. The Kier molecular flexibility index (Phi) is 4.90. The zero-order valence-corrected chi connectivity index (χ0v) is 16.6. The summed E-state index contributed by atoms with van der Waals surface area (Å²) in [5.74, 6) is -0.411. The van der Waals surface area contributed by atoms with E-state index in [4.69, 9.17) is 4.18 Å². The number of amides is 1. The molecule has 0 saturated carbocycles. The van der Waals surface area contributed by atoms with Crippen LogP contribution in [0.15, 0.2) is 45.8 Å². The summed E-state index contributed by atoms with van der Waals surface area (Å²) in [6, 6.07) is 9.07. The molecule has 0 N–H and O–H groups in total. The number of hydrogen-bond acceptors (Lipinski definition) is 5. The summed E-state index contributed by atoms with van der Waals surface area (Å²) in [5, 5.41) is 0. The molecule has 1 amide bonds. The highest BCUT2D eigenvalue weighted by Crippen LogP contribution is 2.32. The first-order chi connectivity index (χ1) is 12.2. The number of rotatable bonds is 4. The molecule has 1 aliphatic heterocycles. The van der Waals surface area contributed by atoms with Gasteiger partial charge >= 0.3 is 10.1 Å². The minimum absolute atomic E-state index is 0.0147. The largest absolute Gasteiger partial charge is 0.378 e. The number of nitrogens with zero attached hydrogens (tertiary/aromatic N) is 1. The lowest BCUT2D eigenvalue weighted by atomic mass is 10.1. The van der Waals surface area contributed by atoms with Crippen molar-refractivity contribution in [2.24, 2.45) is 0 Å². The van der Waals surface area contributed by atoms with E-state index in [1.54, 1.807) is 17.0 Å². The summed E-state index contributed by atoms with van der Waals surface area (Å²) >= 11 is 3.25. The van der Waals surface area contributed by atoms with Gasteiger partial charge in [-0.15, -0.1) is 0 Å². The van der Waals surface area contributed by atoms with Crippen molar-refractivity contribution in [3.63, 3.8) is 0 Å². The summed E-state index contributed by atoms with van der Waals surface area (Å²) in [5.41, 5.74) is 1.66. The fraction of sp³-hybridized carbons (Fsp3) is 0.222. The van der Waals surface area contributed by atoms with Crippen LogP contribution in [0.2, 0.25) is 0 Å². The number of Topliss-reactive ketones (excluding diaryl/α,β-unsaturated/α-hetero) is 1. The molecule has 8 heteroatoms. The van der Waals surface area contributed by atoms with Crippen molar-refractivity contribution in [2.75, 3.05) is 11.4 Å². The topological polar surface area (TPSA) is 80.8 Å². The highest BCUT2D eigenvalue weighted by molar-refractivity contribution is 9.10. The third kappa shape index (κ3) is 3.52. The van der Waals surface area contributed by atoms with E-state index >= 15 is 0 Å². The second-order valence-corrected chi connectivity index (χ2v) is 8.41. The lowest BCUT2D eigenvalue weighted by Gasteiger charge is -2.15. The fourth-order valence-electron chi connectivity index (χ4n) is 2.88. The second-order valence-electron chi connectivity index (χ2n) is 5.95. The molecule has 136 valence electrons. The molecule has 0 aliphatic carbocycles. The van der Waals surface area contributed by atoms with Crippen molar-refractivity contribution in [1.29, 1.82) is 0 Å². The summed E-state index contributed by atoms with van der Waals surface area (Å²) in [4.78, 5) is 25.0. The van der Waals surface area contributed by atoms with E-state index in [0.717, 1.165) is 5.56 Å². The van der Waals surface area contributed by atoms with E-state index in [1.807, 2.05) is 0 Å². The normalized spacial score (nSPS) is 13.4. The molecule has 2 aromatic rings. The first-order valence-corrected chi connectivity index (χ1v) is 10.0. The van der Waals surface area contributed by atoms with E-state index in [-0.39, 0.29) is 27.9 Å². The van der Waals surface area contributed by atoms with Crippen LogP contribution in [0.5, 0.6) is 5.75 Å². The maximum Gasteiger partial charge on any atom is 0.339 e. The number of carbonyl (C=O) groups is 2. The predicted molar refractivity (Wildman–Crippen MR) is 100 cm³/mol. The molecule has 0 saturated heterocycles. The molecule has 2 aromatic carbocycles. The van der Waals surface area contributed by atoms with Crippen LogP contribution < -0.4 is 9.08 Å².